The third-order valence-corrected chi connectivity index (χ3v) is 3.74. The zero-order valence-corrected chi connectivity index (χ0v) is 9.70. The summed E-state index contributed by atoms with van der Waals surface area (Å²) in [4.78, 5) is 4.69. The van der Waals surface area contributed by atoms with Crippen LogP contribution >= 0.6 is 0 Å². The van der Waals surface area contributed by atoms with E-state index in [1.54, 1.807) is 7.11 Å². The second-order valence-corrected chi connectivity index (χ2v) is 4.60. The van der Waals surface area contributed by atoms with Gasteiger partial charge in [0, 0.05) is 23.7 Å². The van der Waals surface area contributed by atoms with Crippen LogP contribution in [-0.2, 0) is 6.42 Å². The molecule has 0 saturated heterocycles. The van der Waals surface area contributed by atoms with E-state index >= 15 is 0 Å². The van der Waals surface area contributed by atoms with E-state index in [2.05, 4.69) is 23.2 Å². The van der Waals surface area contributed by atoms with E-state index in [9.17, 15) is 0 Å². The molecule has 16 heavy (non-hydrogen) atoms. The van der Waals surface area contributed by atoms with Crippen LogP contribution in [0, 0.1) is 0 Å². The molecule has 0 N–H and O–H groups in total. The third-order valence-electron chi connectivity index (χ3n) is 3.74. The maximum atomic E-state index is 5.51. The topological polar surface area (TPSA) is 21.6 Å². The molecule has 1 aromatic carbocycles. The monoisotopic (exact) mass is 215 g/mol. The number of aliphatic imine (C=N–C) groups is 1. The first-order valence-corrected chi connectivity index (χ1v) is 6.09. The molecule has 0 fully saturated rings. The summed E-state index contributed by atoms with van der Waals surface area (Å²) in [6, 6.07) is 6.42. The first kappa shape index (κ1) is 9.88. The van der Waals surface area contributed by atoms with Gasteiger partial charge in [0.05, 0.1) is 7.11 Å². The zero-order valence-electron chi connectivity index (χ0n) is 9.70. The largest absolute Gasteiger partial charge is 0.496 e. The summed E-state index contributed by atoms with van der Waals surface area (Å²) in [6.45, 7) is 1.02. The van der Waals surface area contributed by atoms with Gasteiger partial charge in [0.15, 0.2) is 0 Å². The van der Waals surface area contributed by atoms with E-state index < -0.39 is 0 Å². The lowest BCUT2D eigenvalue weighted by Crippen LogP contribution is -2.24. The van der Waals surface area contributed by atoms with E-state index in [1.807, 2.05) is 0 Å². The van der Waals surface area contributed by atoms with Crippen LogP contribution in [0.2, 0.25) is 0 Å². The van der Waals surface area contributed by atoms with Gasteiger partial charge in [0.1, 0.15) is 5.75 Å². The number of hydrogen-bond acceptors (Lipinski definition) is 2. The van der Waals surface area contributed by atoms with Crippen molar-refractivity contribution in [3.05, 3.63) is 29.3 Å². The summed E-state index contributed by atoms with van der Waals surface area (Å²) >= 11 is 0. The molecule has 2 aliphatic rings. The van der Waals surface area contributed by atoms with Gasteiger partial charge in [0.2, 0.25) is 0 Å². The van der Waals surface area contributed by atoms with Gasteiger partial charge in [0.25, 0.3) is 0 Å². The number of nitrogens with zero attached hydrogens (tertiary/aromatic N) is 1. The number of ether oxygens (including phenoxy) is 1. The van der Waals surface area contributed by atoms with Crippen molar-refractivity contribution in [3.8, 4) is 5.75 Å². The Kier molecular flexibility index (Phi) is 2.43. The zero-order chi connectivity index (χ0) is 11.0. The van der Waals surface area contributed by atoms with Crippen molar-refractivity contribution < 1.29 is 4.74 Å². The summed E-state index contributed by atoms with van der Waals surface area (Å²) in [7, 11) is 1.77. The third kappa shape index (κ3) is 1.44. The average Bonchev–Trinajstić information content (AvgIpc) is 2.37. The lowest BCUT2D eigenvalue weighted by atomic mass is 9.77. The van der Waals surface area contributed by atoms with Gasteiger partial charge in [-0.05, 0) is 37.3 Å². The Balaban J connectivity index is 2.12. The fourth-order valence-electron chi connectivity index (χ4n) is 3.00. The molecule has 0 bridgehead atoms. The number of rotatable bonds is 1. The van der Waals surface area contributed by atoms with E-state index in [4.69, 9.17) is 4.74 Å². The van der Waals surface area contributed by atoms with E-state index in [0.29, 0.717) is 5.92 Å². The first-order valence-electron chi connectivity index (χ1n) is 6.09. The summed E-state index contributed by atoms with van der Waals surface area (Å²) in [5, 5.41) is 0. The number of hydrogen-bond donors (Lipinski definition) is 0. The number of fused-ring (bicyclic) bond motifs is 3. The highest BCUT2D eigenvalue weighted by Gasteiger charge is 2.29. The minimum atomic E-state index is 0.536. The number of benzene rings is 1. The Labute approximate surface area is 96.3 Å². The van der Waals surface area contributed by atoms with Gasteiger partial charge in [-0.2, -0.15) is 0 Å². The Morgan fingerprint density at radius 3 is 3.12 bits per heavy atom. The molecule has 1 aromatic rings. The predicted molar refractivity (Wildman–Crippen MR) is 65.6 cm³/mol. The van der Waals surface area contributed by atoms with Crippen molar-refractivity contribution in [2.24, 2.45) is 4.99 Å². The molecule has 0 spiro atoms. The molecule has 2 heteroatoms. The Hall–Kier alpha value is -1.31. The summed E-state index contributed by atoms with van der Waals surface area (Å²) in [5.41, 5.74) is 4.28. The normalized spacial score (nSPS) is 23.1. The highest BCUT2D eigenvalue weighted by atomic mass is 16.5. The van der Waals surface area contributed by atoms with Crippen LogP contribution < -0.4 is 4.74 Å². The molecular weight excluding hydrogens is 198 g/mol. The van der Waals surface area contributed by atoms with Crippen molar-refractivity contribution in [1.82, 2.24) is 0 Å². The second-order valence-electron chi connectivity index (χ2n) is 4.60. The lowest BCUT2D eigenvalue weighted by Gasteiger charge is -2.31. The lowest BCUT2D eigenvalue weighted by molar-refractivity contribution is 0.405. The molecular formula is C14H17NO. The molecule has 0 aromatic heterocycles. The molecule has 2 nitrogen and oxygen atoms in total. The minimum Gasteiger partial charge on any atom is -0.496 e. The maximum absolute atomic E-state index is 5.51. The molecule has 1 heterocycles. The van der Waals surface area contributed by atoms with Crippen LogP contribution in [0.15, 0.2) is 23.2 Å². The summed E-state index contributed by atoms with van der Waals surface area (Å²) < 4.78 is 5.51. The molecule has 1 unspecified atom stereocenters. The van der Waals surface area contributed by atoms with Gasteiger partial charge in [-0.3, -0.25) is 4.99 Å². The molecule has 3 rings (SSSR count). The van der Waals surface area contributed by atoms with Gasteiger partial charge in [-0.15, -0.1) is 0 Å². The molecule has 1 atom stereocenters. The van der Waals surface area contributed by atoms with Crippen molar-refractivity contribution in [2.75, 3.05) is 13.7 Å². The summed E-state index contributed by atoms with van der Waals surface area (Å²) in [6.07, 6.45) is 4.73. The summed E-state index contributed by atoms with van der Waals surface area (Å²) in [5.74, 6) is 1.59. The highest BCUT2D eigenvalue weighted by Crippen LogP contribution is 2.40. The van der Waals surface area contributed by atoms with Gasteiger partial charge >= 0.3 is 0 Å². The number of methoxy groups -OCH3 is 1. The average molecular weight is 215 g/mol. The van der Waals surface area contributed by atoms with Crippen LogP contribution in [0.3, 0.4) is 0 Å². The first-order chi connectivity index (χ1) is 7.90. The molecule has 0 radical (unpaired) electrons. The van der Waals surface area contributed by atoms with Crippen molar-refractivity contribution in [2.45, 2.75) is 31.6 Å². The Bertz CT molecular complexity index is 422. The number of aryl methyl sites for hydroxylation is 1. The van der Waals surface area contributed by atoms with Crippen molar-refractivity contribution in [1.29, 1.82) is 0 Å². The second kappa shape index (κ2) is 3.93. The fourth-order valence-corrected chi connectivity index (χ4v) is 3.00. The van der Waals surface area contributed by atoms with E-state index in [-0.39, 0.29) is 0 Å². The van der Waals surface area contributed by atoms with Crippen molar-refractivity contribution in [3.63, 3.8) is 0 Å². The fraction of sp³-hybridized carbons (Fsp3) is 0.500. The van der Waals surface area contributed by atoms with Gasteiger partial charge in [-0.1, -0.05) is 12.1 Å². The smallest absolute Gasteiger partial charge is 0.122 e. The van der Waals surface area contributed by atoms with Crippen LogP contribution in [0.5, 0.6) is 5.75 Å². The van der Waals surface area contributed by atoms with Gasteiger partial charge in [-0.25, -0.2) is 0 Å². The van der Waals surface area contributed by atoms with Crippen LogP contribution in [0.1, 0.15) is 36.3 Å². The molecule has 1 aliphatic carbocycles. The molecule has 84 valence electrons. The molecule has 0 saturated carbocycles. The van der Waals surface area contributed by atoms with Crippen LogP contribution in [-0.4, -0.2) is 19.4 Å². The molecule has 1 aliphatic heterocycles. The SMILES string of the molecule is COc1cccc2c1C1CCCN=C1CC2. The van der Waals surface area contributed by atoms with E-state index in [1.165, 1.54) is 29.7 Å². The molecule has 0 amide bonds. The van der Waals surface area contributed by atoms with Gasteiger partial charge < -0.3 is 4.74 Å². The predicted octanol–water partition coefficient (Wildman–Crippen LogP) is 2.96. The van der Waals surface area contributed by atoms with Crippen molar-refractivity contribution >= 4 is 5.71 Å². The Morgan fingerprint density at radius 1 is 1.31 bits per heavy atom. The van der Waals surface area contributed by atoms with Crippen LogP contribution in [0.25, 0.3) is 0 Å². The standard InChI is InChI=1S/C14H17NO/c1-16-13-6-2-4-10-7-8-12-11(14(10)13)5-3-9-15-12/h2,4,6,11H,3,5,7-9H2,1H3. The Morgan fingerprint density at radius 2 is 2.25 bits per heavy atom. The highest BCUT2D eigenvalue weighted by molar-refractivity contribution is 5.94. The quantitative estimate of drug-likeness (QED) is 0.705. The minimum absolute atomic E-state index is 0.536. The maximum Gasteiger partial charge on any atom is 0.122 e. The van der Waals surface area contributed by atoms with Crippen LogP contribution in [0.4, 0.5) is 0 Å². The van der Waals surface area contributed by atoms with E-state index in [0.717, 1.165) is 25.1 Å².